The minimum Gasteiger partial charge on any atom is -0.320 e. The van der Waals surface area contributed by atoms with Crippen LogP contribution in [0.3, 0.4) is 0 Å². The lowest BCUT2D eigenvalue weighted by atomic mass is 10.0. The van der Waals surface area contributed by atoms with Crippen LogP contribution in [0.5, 0.6) is 0 Å². The third-order valence-corrected chi connectivity index (χ3v) is 5.42. The van der Waals surface area contributed by atoms with Gasteiger partial charge >= 0.3 is 0 Å². The summed E-state index contributed by atoms with van der Waals surface area (Å²) in [6, 6.07) is 13.6. The number of hydrogen-bond acceptors (Lipinski definition) is 1. The van der Waals surface area contributed by atoms with Crippen molar-refractivity contribution < 1.29 is 4.39 Å². The van der Waals surface area contributed by atoms with E-state index in [-0.39, 0.29) is 5.82 Å². The number of allylic oxidation sites excluding steroid dienone is 1. The molecule has 0 unspecified atom stereocenters. The van der Waals surface area contributed by atoms with Crippen molar-refractivity contribution in [2.24, 2.45) is 0 Å². The van der Waals surface area contributed by atoms with Gasteiger partial charge in [-0.15, -0.1) is 0 Å². The van der Waals surface area contributed by atoms with Gasteiger partial charge in [0.1, 0.15) is 5.82 Å². The second-order valence-electron chi connectivity index (χ2n) is 7.32. The highest BCUT2D eigenvalue weighted by atomic mass is 19.1. The Morgan fingerprint density at radius 1 is 1.15 bits per heavy atom. The van der Waals surface area contributed by atoms with Crippen LogP contribution in [0.4, 0.5) is 4.39 Å². The zero-order valence-electron chi connectivity index (χ0n) is 15.7. The number of hydrogen-bond donors (Lipinski definition) is 0. The Balaban J connectivity index is 1.91. The fourth-order valence-corrected chi connectivity index (χ4v) is 3.98. The van der Waals surface area contributed by atoms with E-state index in [2.05, 4.69) is 54.8 Å². The average molecular weight is 348 g/mol. The molecule has 134 valence electrons. The Kier molecular flexibility index (Phi) is 4.41. The number of aryl methyl sites for hydroxylation is 1. The molecule has 0 N–H and O–H groups in total. The molecular weight excluding hydrogens is 323 g/mol. The summed E-state index contributed by atoms with van der Waals surface area (Å²) in [5.74, 6) is -0.188. The van der Waals surface area contributed by atoms with Gasteiger partial charge in [0.2, 0.25) is 0 Å². The maximum absolute atomic E-state index is 13.3. The Morgan fingerprint density at radius 2 is 1.92 bits per heavy atom. The highest BCUT2D eigenvalue weighted by Gasteiger charge is 2.22. The Morgan fingerprint density at radius 3 is 2.65 bits per heavy atom. The molecule has 0 spiro atoms. The average Bonchev–Trinajstić information content (AvgIpc) is 2.93. The molecule has 0 radical (unpaired) electrons. The SMILES string of the molecule is CC/C(=C\n1c2c(c3cc(C)ccc31)CN(C)CC2)c1ccc(F)cc1. The predicted octanol–water partition coefficient (Wildman–Crippen LogP) is 5.48. The van der Waals surface area contributed by atoms with Crippen molar-refractivity contribution in [2.75, 3.05) is 13.6 Å². The summed E-state index contributed by atoms with van der Waals surface area (Å²) in [4.78, 5) is 2.39. The first kappa shape index (κ1) is 17.0. The third-order valence-electron chi connectivity index (χ3n) is 5.42. The van der Waals surface area contributed by atoms with Crippen molar-refractivity contribution in [3.63, 3.8) is 0 Å². The van der Waals surface area contributed by atoms with Crippen LogP contribution in [0, 0.1) is 12.7 Å². The van der Waals surface area contributed by atoms with Crippen LogP contribution in [0.1, 0.15) is 35.7 Å². The number of rotatable bonds is 3. The van der Waals surface area contributed by atoms with Crippen LogP contribution >= 0.6 is 0 Å². The van der Waals surface area contributed by atoms with E-state index < -0.39 is 0 Å². The molecule has 2 heterocycles. The number of aromatic nitrogens is 1. The molecule has 0 amide bonds. The molecule has 26 heavy (non-hydrogen) atoms. The topological polar surface area (TPSA) is 8.17 Å². The van der Waals surface area contributed by atoms with Crippen molar-refractivity contribution in [1.82, 2.24) is 9.47 Å². The van der Waals surface area contributed by atoms with Gasteiger partial charge in [-0.1, -0.05) is 30.7 Å². The molecule has 0 saturated carbocycles. The Labute approximate surface area is 154 Å². The second-order valence-corrected chi connectivity index (χ2v) is 7.32. The molecule has 1 aliphatic rings. The zero-order valence-corrected chi connectivity index (χ0v) is 15.7. The van der Waals surface area contributed by atoms with Crippen molar-refractivity contribution >= 4 is 22.7 Å². The summed E-state index contributed by atoms with van der Waals surface area (Å²) in [7, 11) is 2.19. The summed E-state index contributed by atoms with van der Waals surface area (Å²) < 4.78 is 15.7. The van der Waals surface area contributed by atoms with Crippen molar-refractivity contribution in [2.45, 2.75) is 33.2 Å². The van der Waals surface area contributed by atoms with Gasteiger partial charge in [-0.25, -0.2) is 4.39 Å². The molecule has 0 fully saturated rings. The summed E-state index contributed by atoms with van der Waals surface area (Å²) in [5, 5.41) is 1.36. The lowest BCUT2D eigenvalue weighted by molar-refractivity contribution is 0.312. The van der Waals surface area contributed by atoms with Gasteiger partial charge in [0.05, 0.1) is 5.52 Å². The first-order valence-electron chi connectivity index (χ1n) is 9.34. The van der Waals surface area contributed by atoms with Crippen LogP contribution < -0.4 is 0 Å². The molecule has 2 aromatic carbocycles. The number of benzene rings is 2. The van der Waals surface area contributed by atoms with E-state index >= 15 is 0 Å². The minimum atomic E-state index is -0.188. The maximum Gasteiger partial charge on any atom is 0.123 e. The molecule has 1 aromatic heterocycles. The van der Waals surface area contributed by atoms with Crippen molar-refractivity contribution in [3.05, 3.63) is 70.7 Å². The van der Waals surface area contributed by atoms with E-state index in [1.165, 1.54) is 33.3 Å². The van der Waals surface area contributed by atoms with Crippen LogP contribution in [-0.4, -0.2) is 23.1 Å². The normalized spacial score (nSPS) is 15.5. The second kappa shape index (κ2) is 6.73. The van der Waals surface area contributed by atoms with E-state index in [1.807, 2.05) is 12.1 Å². The quantitative estimate of drug-likeness (QED) is 0.608. The summed E-state index contributed by atoms with van der Waals surface area (Å²) in [5.41, 5.74) is 7.74. The van der Waals surface area contributed by atoms with Crippen LogP contribution in [-0.2, 0) is 13.0 Å². The Hall–Kier alpha value is -2.39. The number of fused-ring (bicyclic) bond motifs is 3. The smallest absolute Gasteiger partial charge is 0.123 e. The summed E-state index contributed by atoms with van der Waals surface area (Å²) >= 11 is 0. The monoisotopic (exact) mass is 348 g/mol. The predicted molar refractivity (Wildman–Crippen MR) is 108 cm³/mol. The number of halogens is 1. The van der Waals surface area contributed by atoms with Gasteiger partial charge in [-0.2, -0.15) is 0 Å². The summed E-state index contributed by atoms with van der Waals surface area (Å²) in [6.07, 6.45) is 4.22. The molecule has 3 aromatic rings. The van der Waals surface area contributed by atoms with Crippen LogP contribution in [0.15, 0.2) is 42.5 Å². The number of likely N-dealkylation sites (N-methyl/N-ethyl adjacent to an activating group) is 1. The number of nitrogens with zero attached hydrogens (tertiary/aromatic N) is 2. The van der Waals surface area contributed by atoms with E-state index in [9.17, 15) is 4.39 Å². The summed E-state index contributed by atoms with van der Waals surface area (Å²) in [6.45, 7) is 6.38. The molecule has 0 bridgehead atoms. The molecule has 4 rings (SSSR count). The Bertz CT molecular complexity index is 980. The molecule has 0 saturated heterocycles. The first-order chi connectivity index (χ1) is 12.6. The van der Waals surface area contributed by atoms with E-state index in [4.69, 9.17) is 0 Å². The molecule has 3 heteroatoms. The van der Waals surface area contributed by atoms with Crippen molar-refractivity contribution in [1.29, 1.82) is 0 Å². The van der Waals surface area contributed by atoms with E-state index in [0.29, 0.717) is 0 Å². The minimum absolute atomic E-state index is 0.188. The van der Waals surface area contributed by atoms with Gasteiger partial charge in [-0.3, -0.25) is 0 Å². The van der Waals surface area contributed by atoms with Gasteiger partial charge in [0.25, 0.3) is 0 Å². The molecule has 0 atom stereocenters. The standard InChI is InChI=1S/C23H25FN2/c1-4-17(18-6-8-19(24)9-7-18)14-26-22-10-5-16(2)13-20(22)21-15-25(3)12-11-23(21)26/h5-10,13-14H,4,11-12,15H2,1-3H3/b17-14+. The highest BCUT2D eigenvalue weighted by Crippen LogP contribution is 2.33. The van der Waals surface area contributed by atoms with Crippen LogP contribution in [0.2, 0.25) is 0 Å². The lowest BCUT2D eigenvalue weighted by Crippen LogP contribution is -2.26. The highest BCUT2D eigenvalue weighted by molar-refractivity contribution is 5.90. The van der Waals surface area contributed by atoms with Gasteiger partial charge in [-0.05, 0) is 61.4 Å². The molecule has 0 aliphatic carbocycles. The zero-order chi connectivity index (χ0) is 18.3. The van der Waals surface area contributed by atoms with Gasteiger partial charge < -0.3 is 9.47 Å². The van der Waals surface area contributed by atoms with E-state index in [1.54, 1.807) is 12.1 Å². The molecule has 2 nitrogen and oxygen atoms in total. The van der Waals surface area contributed by atoms with Gasteiger partial charge in [0.15, 0.2) is 0 Å². The maximum atomic E-state index is 13.3. The van der Waals surface area contributed by atoms with Crippen LogP contribution in [0.25, 0.3) is 22.7 Å². The fourth-order valence-electron chi connectivity index (χ4n) is 3.98. The molecular formula is C23H25FN2. The van der Waals surface area contributed by atoms with Crippen molar-refractivity contribution in [3.8, 4) is 0 Å². The largest absolute Gasteiger partial charge is 0.320 e. The fraction of sp³-hybridized carbons (Fsp3) is 0.304. The van der Waals surface area contributed by atoms with E-state index in [0.717, 1.165) is 31.5 Å². The third kappa shape index (κ3) is 2.97. The molecule has 1 aliphatic heterocycles. The first-order valence-corrected chi connectivity index (χ1v) is 9.34. The van der Waals surface area contributed by atoms with Gasteiger partial charge in [0, 0.05) is 36.8 Å². The lowest BCUT2D eigenvalue weighted by Gasteiger charge is -2.23.